The highest BCUT2D eigenvalue weighted by Crippen LogP contribution is 2.34. The van der Waals surface area contributed by atoms with Crippen molar-refractivity contribution in [3.8, 4) is 0 Å². The SMILES string of the molecule is Cc1cc(C)c2sc(N(CCCN(C)C)C(=O)C3CCCN(S(=O)(=O)c4cccs4)C3)nc2c1. The molecule has 0 aliphatic carbocycles. The zero-order chi connectivity index (χ0) is 24.5. The summed E-state index contributed by atoms with van der Waals surface area (Å²) in [7, 11) is 0.463. The van der Waals surface area contributed by atoms with Crippen LogP contribution in [-0.2, 0) is 14.8 Å². The van der Waals surface area contributed by atoms with Gasteiger partial charge in [-0.05, 0) is 82.4 Å². The van der Waals surface area contributed by atoms with Gasteiger partial charge in [0.05, 0.1) is 16.1 Å². The number of anilines is 1. The predicted octanol–water partition coefficient (Wildman–Crippen LogP) is 4.36. The van der Waals surface area contributed by atoms with E-state index in [2.05, 4.69) is 30.9 Å². The molecule has 3 heterocycles. The van der Waals surface area contributed by atoms with Crippen molar-refractivity contribution < 1.29 is 13.2 Å². The van der Waals surface area contributed by atoms with Gasteiger partial charge in [0.25, 0.3) is 10.0 Å². The lowest BCUT2D eigenvalue weighted by Gasteiger charge is -2.33. The molecule has 2 aromatic heterocycles. The fourth-order valence-electron chi connectivity index (χ4n) is 4.45. The number of nitrogens with zero attached hydrogens (tertiary/aromatic N) is 4. The molecule has 1 aromatic carbocycles. The number of hydrogen-bond acceptors (Lipinski definition) is 7. The van der Waals surface area contributed by atoms with E-state index in [1.165, 1.54) is 15.6 Å². The summed E-state index contributed by atoms with van der Waals surface area (Å²) in [4.78, 5) is 22.6. The van der Waals surface area contributed by atoms with Gasteiger partial charge in [0, 0.05) is 19.6 Å². The first kappa shape index (κ1) is 25.2. The average molecular weight is 521 g/mol. The van der Waals surface area contributed by atoms with Crippen molar-refractivity contribution in [2.75, 3.05) is 45.2 Å². The molecule has 1 amide bonds. The lowest BCUT2D eigenvalue weighted by atomic mass is 9.98. The number of aromatic nitrogens is 1. The molecule has 1 saturated heterocycles. The van der Waals surface area contributed by atoms with Crippen molar-refractivity contribution in [3.63, 3.8) is 0 Å². The summed E-state index contributed by atoms with van der Waals surface area (Å²) in [6.07, 6.45) is 2.17. The zero-order valence-corrected chi connectivity index (χ0v) is 22.6. The van der Waals surface area contributed by atoms with Crippen LogP contribution in [0, 0.1) is 19.8 Å². The van der Waals surface area contributed by atoms with Crippen molar-refractivity contribution in [1.29, 1.82) is 0 Å². The minimum absolute atomic E-state index is 0.0294. The largest absolute Gasteiger partial charge is 0.309 e. The second-order valence-electron chi connectivity index (χ2n) is 9.21. The normalized spacial score (nSPS) is 17.5. The van der Waals surface area contributed by atoms with E-state index in [9.17, 15) is 13.2 Å². The van der Waals surface area contributed by atoms with Crippen LogP contribution in [0.5, 0.6) is 0 Å². The topological polar surface area (TPSA) is 73.8 Å². The second-order valence-corrected chi connectivity index (χ2v) is 13.3. The lowest BCUT2D eigenvalue weighted by molar-refractivity contribution is -0.123. The maximum Gasteiger partial charge on any atom is 0.252 e. The van der Waals surface area contributed by atoms with E-state index in [4.69, 9.17) is 4.98 Å². The van der Waals surface area contributed by atoms with Crippen LogP contribution in [0.3, 0.4) is 0 Å². The van der Waals surface area contributed by atoms with Crippen molar-refractivity contribution in [2.45, 2.75) is 37.3 Å². The van der Waals surface area contributed by atoms with Crippen LogP contribution >= 0.6 is 22.7 Å². The summed E-state index contributed by atoms with van der Waals surface area (Å²) in [6, 6.07) is 7.57. The third kappa shape index (κ3) is 5.36. The average Bonchev–Trinajstić information content (AvgIpc) is 3.47. The number of thiophene rings is 1. The molecule has 0 bridgehead atoms. The van der Waals surface area contributed by atoms with Gasteiger partial charge in [-0.25, -0.2) is 13.4 Å². The highest BCUT2D eigenvalue weighted by molar-refractivity contribution is 7.91. The number of fused-ring (bicyclic) bond motifs is 1. The molecule has 4 rings (SSSR count). The summed E-state index contributed by atoms with van der Waals surface area (Å²) in [5, 5.41) is 2.47. The Labute approximate surface area is 210 Å². The smallest absolute Gasteiger partial charge is 0.252 e. The summed E-state index contributed by atoms with van der Waals surface area (Å²) >= 11 is 2.76. The van der Waals surface area contributed by atoms with Gasteiger partial charge in [0.15, 0.2) is 5.13 Å². The summed E-state index contributed by atoms with van der Waals surface area (Å²) in [5.74, 6) is -0.407. The monoisotopic (exact) mass is 520 g/mol. The number of benzene rings is 1. The first-order valence-electron chi connectivity index (χ1n) is 11.5. The number of carbonyl (C=O) groups excluding carboxylic acids is 1. The van der Waals surface area contributed by atoms with Gasteiger partial charge in [-0.15, -0.1) is 11.3 Å². The second kappa shape index (κ2) is 10.4. The minimum Gasteiger partial charge on any atom is -0.309 e. The molecule has 0 radical (unpaired) electrons. The third-order valence-electron chi connectivity index (χ3n) is 6.12. The van der Waals surface area contributed by atoms with Gasteiger partial charge < -0.3 is 4.90 Å². The Kier molecular flexibility index (Phi) is 7.73. The van der Waals surface area contributed by atoms with Crippen LogP contribution in [0.4, 0.5) is 5.13 Å². The van der Waals surface area contributed by atoms with Crippen LogP contribution < -0.4 is 4.90 Å². The number of hydrogen-bond donors (Lipinski definition) is 0. The Bertz CT molecular complexity index is 1250. The summed E-state index contributed by atoms with van der Waals surface area (Å²) in [6.45, 7) is 6.20. The number of rotatable bonds is 8. The Hall–Kier alpha value is -1.85. The van der Waals surface area contributed by atoms with Gasteiger partial charge in [-0.2, -0.15) is 4.31 Å². The minimum atomic E-state index is -3.57. The maximum atomic E-state index is 13.8. The maximum absolute atomic E-state index is 13.8. The standard InChI is InChI=1S/C24H32N4O3S3/c1-17-14-18(2)22-20(15-17)25-24(33-22)28(12-7-10-26(3)4)23(29)19-8-5-11-27(16-19)34(30,31)21-9-6-13-32-21/h6,9,13-15,19H,5,7-8,10-12,16H2,1-4H3. The van der Waals surface area contributed by atoms with Crippen LogP contribution in [0.25, 0.3) is 10.2 Å². The lowest BCUT2D eigenvalue weighted by Crippen LogP contribution is -2.47. The zero-order valence-electron chi connectivity index (χ0n) is 20.2. The fourth-order valence-corrected chi connectivity index (χ4v) is 8.16. The van der Waals surface area contributed by atoms with E-state index >= 15 is 0 Å². The first-order valence-corrected chi connectivity index (χ1v) is 14.7. The quantitative estimate of drug-likeness (QED) is 0.441. The molecule has 0 spiro atoms. The third-order valence-corrected chi connectivity index (χ3v) is 10.6. The molecule has 0 saturated carbocycles. The van der Waals surface area contributed by atoms with Gasteiger partial charge in [0.2, 0.25) is 5.91 Å². The van der Waals surface area contributed by atoms with E-state index in [-0.39, 0.29) is 18.4 Å². The number of piperidine rings is 1. The molecule has 34 heavy (non-hydrogen) atoms. The van der Waals surface area contributed by atoms with E-state index in [1.807, 2.05) is 14.1 Å². The van der Waals surface area contributed by atoms with E-state index in [0.717, 1.165) is 34.3 Å². The molecule has 1 unspecified atom stereocenters. The first-order chi connectivity index (χ1) is 16.2. The predicted molar refractivity (Wildman–Crippen MR) is 140 cm³/mol. The molecule has 10 heteroatoms. The van der Waals surface area contributed by atoms with Crippen LogP contribution in [0.2, 0.25) is 0 Å². The molecular weight excluding hydrogens is 488 g/mol. The molecular formula is C24H32N4O3S3. The molecule has 0 N–H and O–H groups in total. The molecule has 1 aliphatic rings. The number of sulfonamides is 1. The Morgan fingerprint density at radius 2 is 2.03 bits per heavy atom. The van der Waals surface area contributed by atoms with Gasteiger partial charge in [-0.1, -0.05) is 23.5 Å². The van der Waals surface area contributed by atoms with Crippen LogP contribution in [0.15, 0.2) is 33.9 Å². The van der Waals surface area contributed by atoms with E-state index in [1.54, 1.807) is 33.7 Å². The highest BCUT2D eigenvalue weighted by Gasteiger charge is 2.36. The van der Waals surface area contributed by atoms with E-state index in [0.29, 0.717) is 35.3 Å². The molecule has 1 fully saturated rings. The fraction of sp³-hybridized carbons (Fsp3) is 0.500. The van der Waals surface area contributed by atoms with Crippen molar-refractivity contribution >= 4 is 54.0 Å². The molecule has 1 atom stereocenters. The Morgan fingerprint density at radius 3 is 2.74 bits per heavy atom. The van der Waals surface area contributed by atoms with Gasteiger partial charge >= 0.3 is 0 Å². The molecule has 3 aromatic rings. The van der Waals surface area contributed by atoms with Crippen molar-refractivity contribution in [2.24, 2.45) is 5.92 Å². The number of aryl methyl sites for hydroxylation is 2. The molecule has 184 valence electrons. The van der Waals surface area contributed by atoms with Gasteiger partial charge in [-0.3, -0.25) is 9.69 Å². The van der Waals surface area contributed by atoms with Crippen LogP contribution in [0.1, 0.15) is 30.4 Å². The summed E-state index contributed by atoms with van der Waals surface area (Å²) in [5.41, 5.74) is 3.22. The van der Waals surface area contributed by atoms with Crippen molar-refractivity contribution in [1.82, 2.24) is 14.2 Å². The molecule has 1 aliphatic heterocycles. The highest BCUT2D eigenvalue weighted by atomic mass is 32.2. The van der Waals surface area contributed by atoms with E-state index < -0.39 is 10.0 Å². The van der Waals surface area contributed by atoms with Crippen LogP contribution in [-0.4, -0.2) is 68.8 Å². The Morgan fingerprint density at radius 1 is 1.24 bits per heavy atom. The van der Waals surface area contributed by atoms with Crippen molar-refractivity contribution in [3.05, 3.63) is 40.8 Å². The van der Waals surface area contributed by atoms with Gasteiger partial charge in [0.1, 0.15) is 4.21 Å². The Balaban J connectivity index is 1.61. The molecule has 7 nitrogen and oxygen atoms in total. The number of thiazole rings is 1. The summed E-state index contributed by atoms with van der Waals surface area (Å²) < 4.78 is 29.1. The number of amides is 1. The number of carbonyl (C=O) groups is 1.